The van der Waals surface area contributed by atoms with E-state index < -0.39 is 17.9 Å². The number of carboxylic acids is 1. The van der Waals surface area contributed by atoms with Crippen LogP contribution < -0.4 is 10.1 Å². The number of ether oxygens (including phenoxy) is 2. The minimum atomic E-state index is -1.09. The van der Waals surface area contributed by atoms with Crippen LogP contribution in [0.5, 0.6) is 5.75 Å². The van der Waals surface area contributed by atoms with E-state index in [1.54, 1.807) is 36.4 Å². The van der Waals surface area contributed by atoms with E-state index in [1.165, 1.54) is 0 Å². The largest absolute Gasteiger partial charge is 0.480 e. The highest BCUT2D eigenvalue weighted by Gasteiger charge is 2.24. The predicted octanol–water partition coefficient (Wildman–Crippen LogP) is 2.81. The maximum Gasteiger partial charge on any atom is 0.326 e. The second kappa shape index (κ2) is 10.4. The van der Waals surface area contributed by atoms with Gasteiger partial charge >= 0.3 is 5.97 Å². The predicted molar refractivity (Wildman–Crippen MR) is 120 cm³/mol. The highest BCUT2D eigenvalue weighted by Crippen LogP contribution is 2.17. The zero-order valence-electron chi connectivity index (χ0n) is 17.5. The summed E-state index contributed by atoms with van der Waals surface area (Å²) >= 11 is 5.40. The average Bonchev–Trinajstić information content (AvgIpc) is 2.75. The van der Waals surface area contributed by atoms with Crippen molar-refractivity contribution < 1.29 is 24.2 Å². The van der Waals surface area contributed by atoms with Crippen LogP contribution in [0.15, 0.2) is 48.5 Å². The Labute approximate surface area is 187 Å². The lowest BCUT2D eigenvalue weighted by atomic mass is 10.0. The van der Waals surface area contributed by atoms with Crippen molar-refractivity contribution in [2.24, 2.45) is 0 Å². The summed E-state index contributed by atoms with van der Waals surface area (Å²) in [6.45, 7) is 5.73. The van der Waals surface area contributed by atoms with E-state index in [0.717, 1.165) is 11.1 Å². The Morgan fingerprint density at radius 2 is 1.97 bits per heavy atom. The Hall–Kier alpha value is -2.97. The van der Waals surface area contributed by atoms with Gasteiger partial charge in [-0.3, -0.25) is 4.79 Å². The van der Waals surface area contributed by atoms with Crippen LogP contribution in [0.3, 0.4) is 0 Å². The van der Waals surface area contributed by atoms with Gasteiger partial charge in [-0.15, -0.1) is 0 Å². The second-order valence-corrected chi connectivity index (χ2v) is 7.86. The highest BCUT2D eigenvalue weighted by molar-refractivity contribution is 7.80. The number of aryl methyl sites for hydroxylation is 1. The van der Waals surface area contributed by atoms with Crippen molar-refractivity contribution in [3.05, 3.63) is 65.2 Å². The quantitative estimate of drug-likeness (QED) is 0.665. The van der Waals surface area contributed by atoms with Gasteiger partial charge in [0.2, 0.25) is 0 Å². The van der Waals surface area contributed by atoms with Gasteiger partial charge in [-0.2, -0.15) is 0 Å². The first kappa shape index (κ1) is 22.7. The summed E-state index contributed by atoms with van der Waals surface area (Å²) in [5, 5.41) is 12.6. The normalized spacial score (nSPS) is 17.0. The van der Waals surface area contributed by atoms with E-state index in [-0.39, 0.29) is 12.5 Å². The fourth-order valence-electron chi connectivity index (χ4n) is 3.35. The number of aliphatic carboxylic acids is 1. The number of rotatable bonds is 6. The van der Waals surface area contributed by atoms with Crippen molar-refractivity contribution in [3.8, 4) is 5.75 Å². The van der Waals surface area contributed by atoms with E-state index in [9.17, 15) is 14.7 Å². The third-order valence-corrected chi connectivity index (χ3v) is 5.48. The molecule has 1 aliphatic rings. The number of carbonyl (C=O) groups excluding carboxylic acids is 1. The van der Waals surface area contributed by atoms with E-state index >= 15 is 0 Å². The molecule has 0 bridgehead atoms. The maximum atomic E-state index is 12.5. The first-order chi connectivity index (χ1) is 14.8. The second-order valence-electron chi connectivity index (χ2n) is 7.51. The molecular weight excluding hydrogens is 416 g/mol. The lowest BCUT2D eigenvalue weighted by molar-refractivity contribution is -0.139. The van der Waals surface area contributed by atoms with Crippen LogP contribution in [-0.2, 0) is 16.0 Å². The molecule has 2 unspecified atom stereocenters. The summed E-state index contributed by atoms with van der Waals surface area (Å²) in [7, 11) is 0. The summed E-state index contributed by atoms with van der Waals surface area (Å²) < 4.78 is 11.2. The van der Waals surface area contributed by atoms with Crippen LogP contribution in [0, 0.1) is 6.92 Å². The van der Waals surface area contributed by atoms with E-state index in [2.05, 4.69) is 5.32 Å². The van der Waals surface area contributed by atoms with Crippen molar-refractivity contribution in [1.29, 1.82) is 0 Å². The maximum absolute atomic E-state index is 12.5. The van der Waals surface area contributed by atoms with Gasteiger partial charge in [-0.25, -0.2) is 4.79 Å². The fourth-order valence-corrected chi connectivity index (χ4v) is 3.72. The number of hydrogen-bond acceptors (Lipinski definition) is 5. The first-order valence-electron chi connectivity index (χ1n) is 10.1. The zero-order chi connectivity index (χ0) is 22.4. The minimum absolute atomic E-state index is 0.147. The van der Waals surface area contributed by atoms with Gasteiger partial charge < -0.3 is 24.8 Å². The standard InChI is InChI=1S/C23H26N2O5S/c1-15-5-3-4-6-19(15)21(26)24-20(22(27)28)13-17-7-9-18(10-8-17)30-23(31)25-11-12-29-14-16(25)2/h3-10,16,20H,11-14H2,1-2H3,(H,24,26)(H,27,28). The van der Waals surface area contributed by atoms with Gasteiger partial charge in [0.25, 0.3) is 11.1 Å². The molecule has 1 heterocycles. The molecule has 0 radical (unpaired) electrons. The third-order valence-electron chi connectivity index (χ3n) is 5.16. The molecule has 1 amide bonds. The molecular formula is C23H26N2O5S. The van der Waals surface area contributed by atoms with Crippen LogP contribution in [0.2, 0.25) is 0 Å². The zero-order valence-corrected chi connectivity index (χ0v) is 18.4. The summed E-state index contributed by atoms with van der Waals surface area (Å²) in [4.78, 5) is 26.2. The van der Waals surface area contributed by atoms with E-state index in [1.807, 2.05) is 30.9 Å². The first-order valence-corrected chi connectivity index (χ1v) is 10.5. The molecule has 7 nitrogen and oxygen atoms in total. The van der Waals surface area contributed by atoms with Gasteiger partial charge in [0, 0.05) is 18.5 Å². The molecule has 2 aromatic carbocycles. The summed E-state index contributed by atoms with van der Waals surface area (Å²) in [5.41, 5.74) is 2.01. The van der Waals surface area contributed by atoms with Crippen molar-refractivity contribution in [2.45, 2.75) is 32.4 Å². The molecule has 164 valence electrons. The van der Waals surface area contributed by atoms with Crippen LogP contribution in [-0.4, -0.2) is 58.9 Å². The Balaban J connectivity index is 1.61. The molecule has 0 aromatic heterocycles. The molecule has 1 fully saturated rings. The van der Waals surface area contributed by atoms with Crippen LogP contribution in [0.1, 0.15) is 28.4 Å². The fraction of sp³-hybridized carbons (Fsp3) is 0.348. The Kier molecular flexibility index (Phi) is 7.59. The topological polar surface area (TPSA) is 88.1 Å². The van der Waals surface area contributed by atoms with E-state index in [0.29, 0.717) is 36.2 Å². The van der Waals surface area contributed by atoms with Gasteiger partial charge in [0.1, 0.15) is 11.8 Å². The molecule has 1 aliphatic heterocycles. The highest BCUT2D eigenvalue weighted by atomic mass is 32.1. The number of hydrogen-bond donors (Lipinski definition) is 2. The third kappa shape index (κ3) is 6.02. The number of nitrogens with one attached hydrogen (secondary N) is 1. The number of amides is 1. The molecule has 2 atom stereocenters. The molecule has 1 saturated heterocycles. The minimum Gasteiger partial charge on any atom is -0.480 e. The van der Waals surface area contributed by atoms with Gasteiger partial charge in [-0.1, -0.05) is 30.3 Å². The van der Waals surface area contributed by atoms with Gasteiger partial charge in [-0.05, 0) is 55.4 Å². The lowest BCUT2D eigenvalue weighted by Crippen LogP contribution is -2.48. The molecule has 2 aromatic rings. The Bertz CT molecular complexity index is 947. The van der Waals surface area contributed by atoms with Crippen molar-refractivity contribution in [2.75, 3.05) is 19.8 Å². The number of thiocarbonyl (C=S) groups is 1. The molecule has 0 aliphatic carbocycles. The van der Waals surface area contributed by atoms with Crippen LogP contribution >= 0.6 is 12.2 Å². The van der Waals surface area contributed by atoms with Crippen LogP contribution in [0.4, 0.5) is 0 Å². The number of nitrogens with zero attached hydrogens (tertiary/aromatic N) is 1. The summed E-state index contributed by atoms with van der Waals surface area (Å²) in [6, 6.07) is 13.2. The number of carboxylic acid groups (broad SMARTS) is 1. The van der Waals surface area contributed by atoms with Gasteiger partial charge in [0.15, 0.2) is 0 Å². The smallest absolute Gasteiger partial charge is 0.326 e. The molecule has 0 saturated carbocycles. The Morgan fingerprint density at radius 1 is 1.26 bits per heavy atom. The van der Waals surface area contributed by atoms with Crippen molar-refractivity contribution in [1.82, 2.24) is 10.2 Å². The number of carbonyl (C=O) groups is 2. The average molecular weight is 443 g/mol. The van der Waals surface area contributed by atoms with Crippen LogP contribution in [0.25, 0.3) is 0 Å². The van der Waals surface area contributed by atoms with Crippen molar-refractivity contribution in [3.63, 3.8) is 0 Å². The van der Waals surface area contributed by atoms with Gasteiger partial charge in [0.05, 0.1) is 19.3 Å². The molecule has 3 rings (SSSR count). The summed E-state index contributed by atoms with van der Waals surface area (Å²) in [5.74, 6) is -0.927. The van der Waals surface area contributed by atoms with E-state index in [4.69, 9.17) is 21.7 Å². The number of morpholine rings is 1. The summed E-state index contributed by atoms with van der Waals surface area (Å²) in [6.07, 6.45) is 0.151. The Morgan fingerprint density at radius 3 is 2.61 bits per heavy atom. The molecule has 31 heavy (non-hydrogen) atoms. The lowest BCUT2D eigenvalue weighted by Gasteiger charge is -2.34. The molecule has 8 heteroatoms. The molecule has 2 N–H and O–H groups in total. The number of benzene rings is 2. The monoisotopic (exact) mass is 442 g/mol. The van der Waals surface area contributed by atoms with Crippen molar-refractivity contribution >= 4 is 29.3 Å². The molecule has 0 spiro atoms. The SMILES string of the molecule is Cc1ccccc1C(=O)NC(Cc1ccc(OC(=S)N2CCOCC2C)cc1)C(=O)O.